The van der Waals surface area contributed by atoms with Gasteiger partial charge in [0.05, 0.1) is 0 Å². The topological polar surface area (TPSA) is 35.2 Å². The third kappa shape index (κ3) is 3.33. The molecule has 2 heteroatoms. The van der Waals surface area contributed by atoms with Crippen molar-refractivity contribution in [3.63, 3.8) is 0 Å². The van der Waals surface area contributed by atoms with Crippen LogP contribution in [-0.2, 0) is 4.74 Å². The summed E-state index contributed by atoms with van der Waals surface area (Å²) in [7, 11) is 1.73. The first kappa shape index (κ1) is 12.2. The highest BCUT2D eigenvalue weighted by Crippen LogP contribution is 2.23. The van der Waals surface area contributed by atoms with Crippen molar-refractivity contribution >= 4 is 0 Å². The van der Waals surface area contributed by atoms with Gasteiger partial charge < -0.3 is 10.5 Å². The van der Waals surface area contributed by atoms with Crippen molar-refractivity contribution in [2.75, 3.05) is 13.7 Å². The Hall–Kier alpha value is -0.860. The molecule has 1 atom stereocenters. The Labute approximate surface area is 92.4 Å². The van der Waals surface area contributed by atoms with E-state index in [1.54, 1.807) is 7.11 Å². The van der Waals surface area contributed by atoms with Gasteiger partial charge in [-0.25, -0.2) is 0 Å². The number of benzene rings is 1. The smallest absolute Gasteiger partial charge is 0.0462 e. The maximum Gasteiger partial charge on any atom is 0.0462 e. The second kappa shape index (κ2) is 5.89. The SMILES string of the molecule is COCCCC(N)c1c(C)cccc1C. The molecule has 0 aliphatic heterocycles. The van der Waals surface area contributed by atoms with E-state index in [0.717, 1.165) is 19.4 Å². The lowest BCUT2D eigenvalue weighted by atomic mass is 9.94. The fourth-order valence-corrected chi connectivity index (χ4v) is 2.00. The molecule has 1 aromatic carbocycles. The zero-order valence-electron chi connectivity index (χ0n) is 9.92. The van der Waals surface area contributed by atoms with Crippen LogP contribution in [0, 0.1) is 13.8 Å². The van der Waals surface area contributed by atoms with Gasteiger partial charge in [-0.05, 0) is 43.4 Å². The first-order valence-electron chi connectivity index (χ1n) is 5.47. The molecule has 84 valence electrons. The summed E-state index contributed by atoms with van der Waals surface area (Å²) in [5.41, 5.74) is 10.1. The van der Waals surface area contributed by atoms with Crippen molar-refractivity contribution in [2.45, 2.75) is 32.7 Å². The number of methoxy groups -OCH3 is 1. The van der Waals surface area contributed by atoms with Gasteiger partial charge in [-0.15, -0.1) is 0 Å². The molecule has 0 aliphatic carbocycles. The number of ether oxygens (including phenoxy) is 1. The van der Waals surface area contributed by atoms with Crippen LogP contribution in [0.5, 0.6) is 0 Å². The highest BCUT2D eigenvalue weighted by molar-refractivity contribution is 5.35. The Morgan fingerprint density at radius 1 is 1.27 bits per heavy atom. The third-order valence-corrected chi connectivity index (χ3v) is 2.78. The highest BCUT2D eigenvalue weighted by atomic mass is 16.5. The quantitative estimate of drug-likeness (QED) is 0.753. The Morgan fingerprint density at radius 3 is 2.40 bits per heavy atom. The lowest BCUT2D eigenvalue weighted by Crippen LogP contribution is -2.14. The van der Waals surface area contributed by atoms with E-state index in [1.165, 1.54) is 16.7 Å². The van der Waals surface area contributed by atoms with E-state index in [9.17, 15) is 0 Å². The number of aryl methyl sites for hydroxylation is 2. The summed E-state index contributed by atoms with van der Waals surface area (Å²) in [6, 6.07) is 6.47. The summed E-state index contributed by atoms with van der Waals surface area (Å²) in [6.45, 7) is 5.04. The van der Waals surface area contributed by atoms with E-state index < -0.39 is 0 Å². The minimum absolute atomic E-state index is 0.140. The fourth-order valence-electron chi connectivity index (χ4n) is 2.00. The van der Waals surface area contributed by atoms with Gasteiger partial charge in [-0.2, -0.15) is 0 Å². The fraction of sp³-hybridized carbons (Fsp3) is 0.538. The second-order valence-electron chi connectivity index (χ2n) is 4.05. The maximum absolute atomic E-state index is 6.18. The van der Waals surface area contributed by atoms with Crippen LogP contribution in [0.1, 0.15) is 35.6 Å². The first-order chi connectivity index (χ1) is 7.16. The van der Waals surface area contributed by atoms with E-state index in [-0.39, 0.29) is 6.04 Å². The van der Waals surface area contributed by atoms with E-state index in [0.29, 0.717) is 0 Å². The molecule has 0 heterocycles. The van der Waals surface area contributed by atoms with Crippen LogP contribution in [0.15, 0.2) is 18.2 Å². The largest absolute Gasteiger partial charge is 0.385 e. The van der Waals surface area contributed by atoms with Crippen LogP contribution in [-0.4, -0.2) is 13.7 Å². The van der Waals surface area contributed by atoms with Crippen LogP contribution in [0.25, 0.3) is 0 Å². The predicted octanol–water partition coefficient (Wildman–Crippen LogP) is 2.73. The lowest BCUT2D eigenvalue weighted by molar-refractivity contribution is 0.190. The van der Waals surface area contributed by atoms with Gasteiger partial charge in [-0.3, -0.25) is 0 Å². The van der Waals surface area contributed by atoms with Crippen LogP contribution in [0.3, 0.4) is 0 Å². The van der Waals surface area contributed by atoms with Gasteiger partial charge in [0, 0.05) is 19.8 Å². The number of rotatable bonds is 5. The Balaban J connectivity index is 2.68. The zero-order valence-corrected chi connectivity index (χ0v) is 9.92. The summed E-state index contributed by atoms with van der Waals surface area (Å²) < 4.78 is 5.03. The second-order valence-corrected chi connectivity index (χ2v) is 4.05. The minimum Gasteiger partial charge on any atom is -0.385 e. The molecule has 0 spiro atoms. The molecule has 0 saturated heterocycles. The minimum atomic E-state index is 0.140. The van der Waals surface area contributed by atoms with Gasteiger partial charge in [0.1, 0.15) is 0 Å². The van der Waals surface area contributed by atoms with Gasteiger partial charge in [0.15, 0.2) is 0 Å². The number of hydrogen-bond acceptors (Lipinski definition) is 2. The molecule has 0 amide bonds. The molecule has 1 rings (SSSR count). The molecule has 0 fully saturated rings. The van der Waals surface area contributed by atoms with Crippen LogP contribution < -0.4 is 5.73 Å². The molecule has 0 aromatic heterocycles. The van der Waals surface area contributed by atoms with Gasteiger partial charge in [0.2, 0.25) is 0 Å². The number of nitrogens with two attached hydrogens (primary N) is 1. The molecular weight excluding hydrogens is 186 g/mol. The molecule has 0 bridgehead atoms. The summed E-state index contributed by atoms with van der Waals surface area (Å²) in [6.07, 6.45) is 2.00. The van der Waals surface area contributed by atoms with E-state index >= 15 is 0 Å². The maximum atomic E-state index is 6.18. The molecule has 0 aliphatic rings. The summed E-state index contributed by atoms with van der Waals surface area (Å²) in [4.78, 5) is 0. The van der Waals surface area contributed by atoms with Crippen LogP contribution in [0.2, 0.25) is 0 Å². The molecule has 2 N–H and O–H groups in total. The van der Waals surface area contributed by atoms with Gasteiger partial charge in [-0.1, -0.05) is 18.2 Å². The van der Waals surface area contributed by atoms with E-state index in [1.807, 2.05) is 0 Å². The Kier molecular flexibility index (Phi) is 4.79. The molecular formula is C13H21NO. The molecule has 0 saturated carbocycles. The Bertz CT molecular complexity index is 289. The highest BCUT2D eigenvalue weighted by Gasteiger charge is 2.10. The summed E-state index contributed by atoms with van der Waals surface area (Å²) in [5.74, 6) is 0. The van der Waals surface area contributed by atoms with Crippen molar-refractivity contribution in [3.8, 4) is 0 Å². The average Bonchev–Trinajstić information content (AvgIpc) is 2.18. The summed E-state index contributed by atoms with van der Waals surface area (Å²) in [5, 5.41) is 0. The Morgan fingerprint density at radius 2 is 1.87 bits per heavy atom. The monoisotopic (exact) mass is 207 g/mol. The van der Waals surface area contributed by atoms with Crippen LogP contribution >= 0.6 is 0 Å². The van der Waals surface area contributed by atoms with Crippen molar-refractivity contribution in [1.29, 1.82) is 0 Å². The van der Waals surface area contributed by atoms with E-state index in [4.69, 9.17) is 10.5 Å². The van der Waals surface area contributed by atoms with Crippen molar-refractivity contribution in [1.82, 2.24) is 0 Å². The molecule has 1 aromatic rings. The molecule has 1 unspecified atom stereocenters. The first-order valence-corrected chi connectivity index (χ1v) is 5.47. The molecule has 15 heavy (non-hydrogen) atoms. The number of hydrogen-bond donors (Lipinski definition) is 1. The average molecular weight is 207 g/mol. The van der Waals surface area contributed by atoms with Crippen molar-refractivity contribution < 1.29 is 4.74 Å². The lowest BCUT2D eigenvalue weighted by Gasteiger charge is -2.17. The van der Waals surface area contributed by atoms with Crippen molar-refractivity contribution in [2.24, 2.45) is 5.73 Å². The standard InChI is InChI=1S/C13H21NO/c1-10-6-4-7-11(2)13(10)12(14)8-5-9-15-3/h4,6-7,12H,5,8-9,14H2,1-3H3. The van der Waals surface area contributed by atoms with Crippen molar-refractivity contribution in [3.05, 3.63) is 34.9 Å². The zero-order chi connectivity index (χ0) is 11.3. The normalized spacial score (nSPS) is 12.8. The molecule has 0 radical (unpaired) electrons. The predicted molar refractivity (Wildman–Crippen MR) is 64.0 cm³/mol. The van der Waals surface area contributed by atoms with Gasteiger partial charge >= 0.3 is 0 Å². The van der Waals surface area contributed by atoms with E-state index in [2.05, 4.69) is 32.0 Å². The van der Waals surface area contributed by atoms with Crippen LogP contribution in [0.4, 0.5) is 0 Å². The third-order valence-electron chi connectivity index (χ3n) is 2.78. The van der Waals surface area contributed by atoms with Gasteiger partial charge in [0.25, 0.3) is 0 Å². The molecule has 2 nitrogen and oxygen atoms in total. The summed E-state index contributed by atoms with van der Waals surface area (Å²) >= 11 is 0.